The zero-order valence-corrected chi connectivity index (χ0v) is 17.8. The number of amides is 1. The molecule has 0 radical (unpaired) electrons. The fraction of sp³-hybridized carbons (Fsp3) is 0.211. The molecule has 0 aliphatic heterocycles. The van der Waals surface area contributed by atoms with E-state index in [1.54, 1.807) is 19.2 Å². The quantitative estimate of drug-likeness (QED) is 0.288. The third kappa shape index (κ3) is 5.78. The first kappa shape index (κ1) is 22.7. The Labute approximate surface area is 185 Å². The molecule has 162 valence electrons. The Bertz CT molecular complexity index is 1090. The normalized spacial score (nSPS) is 10.8. The Morgan fingerprint density at radius 2 is 2.03 bits per heavy atom. The first-order valence-electron chi connectivity index (χ1n) is 8.93. The molecule has 3 aromatic rings. The number of carbonyl (C=O) groups is 1. The predicted octanol–water partition coefficient (Wildman–Crippen LogP) is 4.02. The molecule has 0 saturated carbocycles. The van der Waals surface area contributed by atoms with E-state index in [9.17, 15) is 19.3 Å². The molecule has 1 amide bonds. The van der Waals surface area contributed by atoms with Gasteiger partial charge in [-0.15, -0.1) is 10.2 Å². The fourth-order valence-electron chi connectivity index (χ4n) is 2.67. The average Bonchev–Trinajstić information content (AvgIpc) is 3.15. The number of nitro benzene ring substituents is 1. The number of methoxy groups -OCH3 is 1. The van der Waals surface area contributed by atoms with Crippen LogP contribution in [0.1, 0.15) is 0 Å². The van der Waals surface area contributed by atoms with E-state index in [0.29, 0.717) is 29.2 Å². The largest absolute Gasteiger partial charge is 0.383 e. The zero-order valence-electron chi connectivity index (χ0n) is 16.2. The van der Waals surface area contributed by atoms with Crippen molar-refractivity contribution in [1.82, 2.24) is 14.8 Å². The number of thioether (sulfide) groups is 1. The van der Waals surface area contributed by atoms with Crippen molar-refractivity contribution in [3.05, 3.63) is 63.4 Å². The van der Waals surface area contributed by atoms with Gasteiger partial charge in [-0.1, -0.05) is 23.4 Å². The minimum Gasteiger partial charge on any atom is -0.383 e. The number of halogens is 2. The van der Waals surface area contributed by atoms with E-state index in [0.717, 1.165) is 35.5 Å². The first-order chi connectivity index (χ1) is 14.9. The van der Waals surface area contributed by atoms with E-state index in [-0.39, 0.29) is 11.4 Å². The molecule has 31 heavy (non-hydrogen) atoms. The number of hydrogen-bond donors (Lipinski definition) is 1. The van der Waals surface area contributed by atoms with Gasteiger partial charge in [0.25, 0.3) is 5.69 Å². The summed E-state index contributed by atoms with van der Waals surface area (Å²) >= 11 is 7.06. The fourth-order valence-corrected chi connectivity index (χ4v) is 3.56. The molecule has 9 nitrogen and oxygen atoms in total. The summed E-state index contributed by atoms with van der Waals surface area (Å²) < 4.78 is 20.2. The molecule has 0 spiro atoms. The second-order valence-corrected chi connectivity index (χ2v) is 7.59. The van der Waals surface area contributed by atoms with Crippen molar-refractivity contribution in [2.75, 3.05) is 24.8 Å². The van der Waals surface area contributed by atoms with Gasteiger partial charge in [0, 0.05) is 17.7 Å². The predicted molar refractivity (Wildman–Crippen MR) is 115 cm³/mol. The SMILES string of the molecule is COCCn1c(SCC(=O)Nc2ccc(F)cc2[N+](=O)[O-])nnc1-c1ccc(Cl)cc1. The molecule has 0 aliphatic carbocycles. The molecule has 1 heterocycles. The number of aromatic nitrogens is 3. The van der Waals surface area contributed by atoms with E-state index in [2.05, 4.69) is 15.5 Å². The highest BCUT2D eigenvalue weighted by molar-refractivity contribution is 7.99. The molecule has 12 heteroatoms. The zero-order chi connectivity index (χ0) is 22.4. The van der Waals surface area contributed by atoms with Crippen LogP contribution in [0.25, 0.3) is 11.4 Å². The highest BCUT2D eigenvalue weighted by Gasteiger charge is 2.19. The standard InChI is InChI=1S/C19H17ClFN5O4S/c1-30-9-8-25-18(12-2-4-13(20)5-3-12)23-24-19(25)31-11-17(27)22-15-7-6-14(21)10-16(15)26(28)29/h2-7,10H,8-9,11H2,1H3,(H,22,27). The van der Waals surface area contributed by atoms with Gasteiger partial charge >= 0.3 is 0 Å². The van der Waals surface area contributed by atoms with Crippen LogP contribution in [0.15, 0.2) is 47.6 Å². The van der Waals surface area contributed by atoms with Crippen LogP contribution in [0.3, 0.4) is 0 Å². The molecule has 3 rings (SSSR count). The molecule has 0 unspecified atom stereocenters. The number of nitrogens with one attached hydrogen (secondary N) is 1. The average molecular weight is 466 g/mol. The molecule has 0 atom stereocenters. The van der Waals surface area contributed by atoms with Gasteiger partial charge in [-0.25, -0.2) is 4.39 Å². The minimum absolute atomic E-state index is 0.0831. The van der Waals surface area contributed by atoms with E-state index in [4.69, 9.17) is 16.3 Å². The van der Waals surface area contributed by atoms with E-state index >= 15 is 0 Å². The number of ether oxygens (including phenoxy) is 1. The van der Waals surface area contributed by atoms with Gasteiger partial charge in [0.1, 0.15) is 11.5 Å². The first-order valence-corrected chi connectivity index (χ1v) is 10.3. The molecule has 0 aliphatic rings. The summed E-state index contributed by atoms with van der Waals surface area (Å²) in [7, 11) is 1.57. The lowest BCUT2D eigenvalue weighted by Crippen LogP contribution is -2.16. The van der Waals surface area contributed by atoms with Gasteiger partial charge in [0.2, 0.25) is 5.91 Å². The molecule has 0 fully saturated rings. The highest BCUT2D eigenvalue weighted by Crippen LogP contribution is 2.27. The van der Waals surface area contributed by atoms with Gasteiger partial charge in [-0.2, -0.15) is 0 Å². The van der Waals surface area contributed by atoms with Crippen molar-refractivity contribution in [3.8, 4) is 11.4 Å². The Morgan fingerprint density at radius 3 is 2.71 bits per heavy atom. The number of nitrogens with zero attached hydrogens (tertiary/aromatic N) is 4. The summed E-state index contributed by atoms with van der Waals surface area (Å²) in [6, 6.07) is 10.0. The van der Waals surface area contributed by atoms with Crippen LogP contribution in [0.4, 0.5) is 15.8 Å². The lowest BCUT2D eigenvalue weighted by atomic mass is 10.2. The number of nitro groups is 1. The van der Waals surface area contributed by atoms with Crippen LogP contribution >= 0.6 is 23.4 Å². The minimum atomic E-state index is -0.764. The van der Waals surface area contributed by atoms with Gasteiger partial charge < -0.3 is 10.1 Å². The Hall–Kier alpha value is -3.02. The molecule has 0 saturated heterocycles. The maximum absolute atomic E-state index is 13.3. The Balaban J connectivity index is 1.74. The van der Waals surface area contributed by atoms with Gasteiger partial charge in [-0.3, -0.25) is 19.5 Å². The van der Waals surface area contributed by atoms with E-state index in [1.807, 2.05) is 16.7 Å². The van der Waals surface area contributed by atoms with Crippen molar-refractivity contribution < 1.29 is 18.8 Å². The van der Waals surface area contributed by atoms with Gasteiger partial charge in [-0.05, 0) is 36.4 Å². The lowest BCUT2D eigenvalue weighted by Gasteiger charge is -2.10. The number of hydrogen-bond acceptors (Lipinski definition) is 7. The van der Waals surface area contributed by atoms with E-state index < -0.39 is 22.3 Å². The number of benzene rings is 2. The summed E-state index contributed by atoms with van der Waals surface area (Å²) in [4.78, 5) is 22.7. The molecular weight excluding hydrogens is 449 g/mol. The molecule has 1 aromatic heterocycles. The van der Waals surface area contributed by atoms with Crippen molar-refractivity contribution in [3.63, 3.8) is 0 Å². The number of anilines is 1. The van der Waals surface area contributed by atoms with Crippen molar-refractivity contribution in [1.29, 1.82) is 0 Å². The maximum Gasteiger partial charge on any atom is 0.295 e. The van der Waals surface area contributed by atoms with Crippen LogP contribution in [-0.4, -0.2) is 45.1 Å². The van der Waals surface area contributed by atoms with E-state index in [1.165, 1.54) is 0 Å². The third-order valence-electron chi connectivity index (χ3n) is 4.10. The summed E-state index contributed by atoms with van der Waals surface area (Å²) in [5.41, 5.74) is 0.192. The Kier molecular flexibility index (Phi) is 7.55. The van der Waals surface area contributed by atoms with Crippen LogP contribution < -0.4 is 5.32 Å². The monoisotopic (exact) mass is 465 g/mol. The highest BCUT2D eigenvalue weighted by atomic mass is 35.5. The van der Waals surface area contributed by atoms with Gasteiger partial charge in [0.05, 0.1) is 29.9 Å². The molecular formula is C19H17ClFN5O4S. The second kappa shape index (κ2) is 10.3. The van der Waals surface area contributed by atoms with Crippen LogP contribution in [0.5, 0.6) is 0 Å². The van der Waals surface area contributed by atoms with Crippen LogP contribution in [0, 0.1) is 15.9 Å². The van der Waals surface area contributed by atoms with Crippen molar-refractivity contribution >= 4 is 40.6 Å². The van der Waals surface area contributed by atoms with Crippen LogP contribution in [0.2, 0.25) is 5.02 Å². The van der Waals surface area contributed by atoms with Crippen molar-refractivity contribution in [2.24, 2.45) is 0 Å². The van der Waals surface area contributed by atoms with Crippen molar-refractivity contribution in [2.45, 2.75) is 11.7 Å². The second-order valence-electron chi connectivity index (χ2n) is 6.21. The topological polar surface area (TPSA) is 112 Å². The smallest absolute Gasteiger partial charge is 0.295 e. The summed E-state index contributed by atoms with van der Waals surface area (Å²) in [5.74, 6) is -0.764. The molecule has 0 bridgehead atoms. The summed E-state index contributed by atoms with van der Waals surface area (Å²) in [5, 5.41) is 22.9. The maximum atomic E-state index is 13.3. The number of carbonyl (C=O) groups excluding carboxylic acids is 1. The summed E-state index contributed by atoms with van der Waals surface area (Å²) in [6.07, 6.45) is 0. The van der Waals surface area contributed by atoms with Gasteiger partial charge in [0.15, 0.2) is 11.0 Å². The lowest BCUT2D eigenvalue weighted by molar-refractivity contribution is -0.384. The molecule has 1 N–H and O–H groups in total. The third-order valence-corrected chi connectivity index (χ3v) is 5.32. The van der Waals surface area contributed by atoms with Crippen LogP contribution in [-0.2, 0) is 16.1 Å². The molecule has 2 aromatic carbocycles. The number of rotatable bonds is 9. The summed E-state index contributed by atoms with van der Waals surface area (Å²) in [6.45, 7) is 0.856. The Morgan fingerprint density at radius 1 is 1.29 bits per heavy atom.